The molecule has 2 nitrogen and oxygen atoms in total. The number of hydrogen-bond acceptors (Lipinski definition) is 2. The van der Waals surface area contributed by atoms with Gasteiger partial charge in [-0.3, -0.25) is 4.98 Å². The fourth-order valence-electron chi connectivity index (χ4n) is 4.32. The highest BCUT2D eigenvalue weighted by Crippen LogP contribution is 2.33. The van der Waals surface area contributed by atoms with Gasteiger partial charge in [0.1, 0.15) is 5.75 Å². The molecule has 3 heteroatoms. The van der Waals surface area contributed by atoms with Crippen LogP contribution in [0, 0.1) is 18.7 Å². The van der Waals surface area contributed by atoms with Crippen molar-refractivity contribution in [1.29, 1.82) is 0 Å². The summed E-state index contributed by atoms with van der Waals surface area (Å²) >= 11 is 0. The second-order valence-corrected chi connectivity index (χ2v) is 8.32. The first kappa shape index (κ1) is 22.3. The van der Waals surface area contributed by atoms with E-state index in [1.54, 1.807) is 12.3 Å². The third kappa shape index (κ3) is 5.38. The van der Waals surface area contributed by atoms with E-state index in [0.717, 1.165) is 35.2 Å². The molecule has 1 aromatic heterocycles. The topological polar surface area (TPSA) is 22.1 Å². The third-order valence-corrected chi connectivity index (χ3v) is 5.93. The molecule has 0 spiro atoms. The van der Waals surface area contributed by atoms with Gasteiger partial charge in [-0.15, -0.1) is 0 Å². The van der Waals surface area contributed by atoms with E-state index in [4.69, 9.17) is 4.74 Å². The van der Waals surface area contributed by atoms with Gasteiger partial charge in [0.25, 0.3) is 0 Å². The predicted molar refractivity (Wildman–Crippen MR) is 124 cm³/mol. The predicted octanol–water partition coefficient (Wildman–Crippen LogP) is 8.19. The molecular weight excluding hydrogens is 373 g/mol. The summed E-state index contributed by atoms with van der Waals surface area (Å²) in [5.41, 5.74) is 4.50. The van der Waals surface area contributed by atoms with Gasteiger partial charge in [-0.2, -0.15) is 0 Å². The van der Waals surface area contributed by atoms with Crippen molar-refractivity contribution in [3.05, 3.63) is 65.1 Å². The number of halogens is 1. The van der Waals surface area contributed by atoms with Gasteiger partial charge < -0.3 is 4.74 Å². The van der Waals surface area contributed by atoms with Gasteiger partial charge in [0.05, 0.1) is 5.52 Å². The van der Waals surface area contributed by atoms with Crippen LogP contribution >= 0.6 is 0 Å². The highest BCUT2D eigenvalue weighted by molar-refractivity contribution is 5.86. The lowest BCUT2D eigenvalue weighted by Gasteiger charge is -2.17. The molecule has 0 radical (unpaired) electrons. The molecule has 0 unspecified atom stereocenters. The van der Waals surface area contributed by atoms with E-state index >= 15 is 0 Å². The van der Waals surface area contributed by atoms with Crippen molar-refractivity contribution in [1.82, 2.24) is 4.98 Å². The number of aryl methyl sites for hydroxylation is 3. The monoisotopic (exact) mass is 407 g/mol. The first-order valence-electron chi connectivity index (χ1n) is 11.4. The van der Waals surface area contributed by atoms with Crippen LogP contribution in [0.2, 0.25) is 0 Å². The summed E-state index contributed by atoms with van der Waals surface area (Å²) in [5, 5.41) is 0.941. The van der Waals surface area contributed by atoms with E-state index in [1.807, 2.05) is 19.1 Å². The van der Waals surface area contributed by atoms with Crippen molar-refractivity contribution < 1.29 is 9.13 Å². The Morgan fingerprint density at radius 3 is 2.33 bits per heavy atom. The zero-order valence-corrected chi connectivity index (χ0v) is 18.8. The Balaban J connectivity index is 1.90. The standard InChI is InChI=1S/C27H34FNO/c1-5-8-20(9-6-2)11-12-22-18-25-23(17-21(22)7-3)26(14-15-29-25)30-27-13-10-19(4)16-24(27)28/h10,13-18,20H,5-9,11-12H2,1-4H3. The lowest BCUT2D eigenvalue weighted by molar-refractivity contribution is 0.411. The molecule has 0 amide bonds. The largest absolute Gasteiger partial charge is 0.454 e. The molecule has 160 valence electrons. The van der Waals surface area contributed by atoms with Gasteiger partial charge in [0, 0.05) is 11.6 Å². The summed E-state index contributed by atoms with van der Waals surface area (Å²) in [6.45, 7) is 8.61. The van der Waals surface area contributed by atoms with Crippen molar-refractivity contribution >= 4 is 10.9 Å². The molecule has 2 aromatic carbocycles. The second kappa shape index (κ2) is 10.6. The van der Waals surface area contributed by atoms with Gasteiger partial charge in [0.2, 0.25) is 0 Å². The molecule has 0 fully saturated rings. The molecule has 0 N–H and O–H groups in total. The number of nitrogens with zero attached hydrogens (tertiary/aromatic N) is 1. The Morgan fingerprint density at radius 1 is 0.900 bits per heavy atom. The van der Waals surface area contributed by atoms with E-state index in [9.17, 15) is 4.39 Å². The van der Waals surface area contributed by atoms with Crippen LogP contribution in [-0.4, -0.2) is 4.98 Å². The van der Waals surface area contributed by atoms with Gasteiger partial charge in [-0.1, -0.05) is 52.5 Å². The van der Waals surface area contributed by atoms with Crippen molar-refractivity contribution in [2.75, 3.05) is 0 Å². The van der Waals surface area contributed by atoms with Crippen molar-refractivity contribution in [3.63, 3.8) is 0 Å². The number of hydrogen-bond donors (Lipinski definition) is 0. The van der Waals surface area contributed by atoms with E-state index in [2.05, 4.69) is 37.9 Å². The molecule has 0 saturated carbocycles. The molecule has 0 saturated heterocycles. The maximum absolute atomic E-state index is 14.3. The average molecular weight is 408 g/mol. The Kier molecular flexibility index (Phi) is 7.84. The van der Waals surface area contributed by atoms with Crippen molar-refractivity contribution in [2.45, 2.75) is 72.6 Å². The van der Waals surface area contributed by atoms with Crippen molar-refractivity contribution in [2.24, 2.45) is 5.92 Å². The quantitative estimate of drug-likeness (QED) is 0.338. The summed E-state index contributed by atoms with van der Waals surface area (Å²) in [4.78, 5) is 4.58. The SMILES string of the molecule is CCCC(CCC)CCc1cc2nccc(Oc3ccc(C)cc3F)c2cc1CC. The Morgan fingerprint density at radius 2 is 1.67 bits per heavy atom. The van der Waals surface area contributed by atoms with Crippen LogP contribution in [0.5, 0.6) is 11.5 Å². The number of aromatic nitrogens is 1. The Labute approximate surface area is 180 Å². The highest BCUT2D eigenvalue weighted by Gasteiger charge is 2.13. The number of benzene rings is 2. The summed E-state index contributed by atoms with van der Waals surface area (Å²) in [5.74, 6) is 1.36. The maximum atomic E-state index is 14.3. The zero-order valence-electron chi connectivity index (χ0n) is 18.8. The Hall–Kier alpha value is -2.42. The van der Waals surface area contributed by atoms with E-state index in [-0.39, 0.29) is 11.6 Å². The number of fused-ring (bicyclic) bond motifs is 1. The van der Waals surface area contributed by atoms with Gasteiger partial charge in [-0.25, -0.2) is 4.39 Å². The Bertz CT molecular complexity index is 976. The summed E-state index contributed by atoms with van der Waals surface area (Å²) in [7, 11) is 0. The van der Waals surface area contributed by atoms with E-state index in [1.165, 1.54) is 49.3 Å². The van der Waals surface area contributed by atoms with Gasteiger partial charge >= 0.3 is 0 Å². The van der Waals surface area contributed by atoms with E-state index in [0.29, 0.717) is 5.75 Å². The molecule has 30 heavy (non-hydrogen) atoms. The smallest absolute Gasteiger partial charge is 0.165 e. The molecule has 0 bridgehead atoms. The normalized spacial score (nSPS) is 11.4. The van der Waals surface area contributed by atoms with Crippen LogP contribution in [0.25, 0.3) is 10.9 Å². The molecule has 1 heterocycles. The fraction of sp³-hybridized carbons (Fsp3) is 0.444. The molecule has 0 aliphatic heterocycles. The maximum Gasteiger partial charge on any atom is 0.165 e. The second-order valence-electron chi connectivity index (χ2n) is 8.32. The lowest BCUT2D eigenvalue weighted by Crippen LogP contribution is -2.04. The lowest BCUT2D eigenvalue weighted by atomic mass is 9.89. The van der Waals surface area contributed by atoms with Gasteiger partial charge in [0.15, 0.2) is 11.6 Å². The first-order chi connectivity index (χ1) is 14.5. The third-order valence-electron chi connectivity index (χ3n) is 5.93. The minimum atomic E-state index is -0.342. The summed E-state index contributed by atoms with van der Waals surface area (Å²) < 4.78 is 20.3. The summed E-state index contributed by atoms with van der Waals surface area (Å²) in [6, 6.07) is 11.3. The molecule has 3 aromatic rings. The molecule has 0 atom stereocenters. The molecule has 0 aliphatic rings. The summed E-state index contributed by atoms with van der Waals surface area (Å²) in [6.07, 6.45) is 10.1. The molecule has 0 aliphatic carbocycles. The minimum absolute atomic E-state index is 0.247. The number of rotatable bonds is 10. The minimum Gasteiger partial charge on any atom is -0.454 e. The van der Waals surface area contributed by atoms with Crippen LogP contribution in [0.15, 0.2) is 42.6 Å². The average Bonchev–Trinajstić information content (AvgIpc) is 2.73. The molecular formula is C27H34FNO. The van der Waals surface area contributed by atoms with Crippen molar-refractivity contribution in [3.8, 4) is 11.5 Å². The van der Waals surface area contributed by atoms with Crippen LogP contribution in [0.3, 0.4) is 0 Å². The van der Waals surface area contributed by atoms with E-state index < -0.39 is 0 Å². The fourth-order valence-corrected chi connectivity index (χ4v) is 4.32. The number of ether oxygens (including phenoxy) is 1. The highest BCUT2D eigenvalue weighted by atomic mass is 19.1. The van der Waals surface area contributed by atoms with Crippen LogP contribution in [-0.2, 0) is 12.8 Å². The zero-order chi connectivity index (χ0) is 21.5. The van der Waals surface area contributed by atoms with Crippen LogP contribution in [0.4, 0.5) is 4.39 Å². The van der Waals surface area contributed by atoms with Crippen LogP contribution in [0.1, 0.15) is 69.6 Å². The van der Waals surface area contributed by atoms with Gasteiger partial charge in [-0.05, 0) is 79.1 Å². The molecule has 3 rings (SSSR count). The van der Waals surface area contributed by atoms with Crippen LogP contribution < -0.4 is 4.74 Å². The number of pyridine rings is 1. The first-order valence-corrected chi connectivity index (χ1v) is 11.4.